The number of halogens is 1. The summed E-state index contributed by atoms with van der Waals surface area (Å²) in [6.45, 7) is 2.40. The first-order chi connectivity index (χ1) is 14.6. The van der Waals surface area contributed by atoms with E-state index in [0.717, 1.165) is 21.8 Å². The Morgan fingerprint density at radius 3 is 2.70 bits per heavy atom. The summed E-state index contributed by atoms with van der Waals surface area (Å²) >= 11 is 2.87. The predicted molar refractivity (Wildman–Crippen MR) is 119 cm³/mol. The van der Waals surface area contributed by atoms with Crippen molar-refractivity contribution in [3.05, 3.63) is 83.0 Å². The number of carbonyl (C=O) groups excluding carboxylic acids is 1. The monoisotopic (exact) mass is 438 g/mol. The summed E-state index contributed by atoms with van der Waals surface area (Å²) in [4.78, 5) is 13.4. The molecule has 4 aromatic rings. The Bertz CT molecular complexity index is 1140. The Morgan fingerprint density at radius 2 is 1.97 bits per heavy atom. The van der Waals surface area contributed by atoms with E-state index in [0.29, 0.717) is 11.7 Å². The highest BCUT2D eigenvalue weighted by atomic mass is 32.2. The minimum Gasteiger partial charge on any atom is -0.323 e. The van der Waals surface area contributed by atoms with Crippen LogP contribution in [0.25, 0.3) is 10.7 Å². The molecule has 0 aliphatic carbocycles. The third-order valence-corrected chi connectivity index (χ3v) is 6.21. The highest BCUT2D eigenvalue weighted by Crippen LogP contribution is 2.28. The van der Waals surface area contributed by atoms with Crippen LogP contribution in [-0.2, 0) is 11.3 Å². The van der Waals surface area contributed by atoms with E-state index in [-0.39, 0.29) is 17.3 Å². The largest absolute Gasteiger partial charge is 0.323 e. The van der Waals surface area contributed by atoms with Crippen LogP contribution in [-0.4, -0.2) is 26.4 Å². The van der Waals surface area contributed by atoms with E-state index in [1.807, 2.05) is 52.4 Å². The quantitative estimate of drug-likeness (QED) is 0.401. The van der Waals surface area contributed by atoms with E-state index < -0.39 is 5.82 Å². The molecule has 0 radical (unpaired) electrons. The van der Waals surface area contributed by atoms with Gasteiger partial charge in [-0.25, -0.2) is 4.39 Å². The number of anilines is 1. The minimum absolute atomic E-state index is 0.102. The number of thioether (sulfide) groups is 1. The van der Waals surface area contributed by atoms with Crippen molar-refractivity contribution in [1.82, 2.24) is 14.8 Å². The van der Waals surface area contributed by atoms with E-state index in [4.69, 9.17) is 0 Å². The fourth-order valence-corrected chi connectivity index (χ4v) is 4.39. The number of nitrogens with zero attached hydrogens (tertiary/aromatic N) is 3. The summed E-state index contributed by atoms with van der Waals surface area (Å²) in [7, 11) is 0. The van der Waals surface area contributed by atoms with Crippen molar-refractivity contribution in [1.29, 1.82) is 0 Å². The lowest BCUT2D eigenvalue weighted by Gasteiger charge is -2.10. The average Bonchev–Trinajstić information content (AvgIpc) is 3.39. The van der Waals surface area contributed by atoms with Crippen LogP contribution in [0.5, 0.6) is 0 Å². The van der Waals surface area contributed by atoms with E-state index >= 15 is 0 Å². The highest BCUT2D eigenvalue weighted by Gasteiger charge is 2.17. The molecule has 4 rings (SSSR count). The number of rotatable bonds is 7. The highest BCUT2D eigenvalue weighted by molar-refractivity contribution is 7.99. The number of nitrogens with one attached hydrogen (secondary N) is 1. The molecule has 0 bridgehead atoms. The zero-order valence-corrected chi connectivity index (χ0v) is 17.8. The van der Waals surface area contributed by atoms with E-state index in [1.54, 1.807) is 30.4 Å². The summed E-state index contributed by atoms with van der Waals surface area (Å²) < 4.78 is 16.0. The lowest BCUT2D eigenvalue weighted by atomic mass is 10.2. The van der Waals surface area contributed by atoms with Crippen molar-refractivity contribution in [3.63, 3.8) is 0 Å². The van der Waals surface area contributed by atoms with Crippen molar-refractivity contribution >= 4 is 34.7 Å². The van der Waals surface area contributed by atoms with Crippen LogP contribution in [0.1, 0.15) is 11.1 Å². The maximum Gasteiger partial charge on any atom is 0.234 e. The van der Waals surface area contributed by atoms with Gasteiger partial charge in [0.15, 0.2) is 11.0 Å². The number of amides is 1. The molecule has 0 aliphatic heterocycles. The zero-order valence-electron chi connectivity index (χ0n) is 16.2. The van der Waals surface area contributed by atoms with Gasteiger partial charge in [-0.3, -0.25) is 9.36 Å². The number of benzene rings is 2. The van der Waals surface area contributed by atoms with Crippen LogP contribution in [0.3, 0.4) is 0 Å². The summed E-state index contributed by atoms with van der Waals surface area (Å²) in [6, 6.07) is 18.7. The molecule has 1 N–H and O–H groups in total. The first-order valence-electron chi connectivity index (χ1n) is 9.30. The van der Waals surface area contributed by atoms with E-state index in [9.17, 15) is 9.18 Å². The maximum absolute atomic E-state index is 14.0. The molecule has 0 spiro atoms. The molecule has 0 saturated carbocycles. The van der Waals surface area contributed by atoms with E-state index in [1.165, 1.54) is 17.8 Å². The van der Waals surface area contributed by atoms with Crippen LogP contribution in [0, 0.1) is 12.7 Å². The van der Waals surface area contributed by atoms with Gasteiger partial charge in [0.05, 0.1) is 22.9 Å². The Kier molecular flexibility index (Phi) is 6.25. The fraction of sp³-hybridized carbons (Fsp3) is 0.136. The van der Waals surface area contributed by atoms with Crippen LogP contribution in [0.15, 0.2) is 71.2 Å². The number of thiophene rings is 1. The van der Waals surface area contributed by atoms with Crippen LogP contribution >= 0.6 is 23.1 Å². The number of hydrogen-bond donors (Lipinski definition) is 1. The minimum atomic E-state index is -0.444. The second kappa shape index (κ2) is 9.23. The first-order valence-corrected chi connectivity index (χ1v) is 11.2. The van der Waals surface area contributed by atoms with Gasteiger partial charge >= 0.3 is 0 Å². The van der Waals surface area contributed by atoms with Gasteiger partial charge in [0.2, 0.25) is 5.91 Å². The van der Waals surface area contributed by atoms with Crippen LogP contribution in [0.2, 0.25) is 0 Å². The molecule has 2 heterocycles. The maximum atomic E-state index is 14.0. The van der Waals surface area contributed by atoms with Crippen LogP contribution < -0.4 is 5.32 Å². The van der Waals surface area contributed by atoms with Crippen molar-refractivity contribution in [2.75, 3.05) is 11.1 Å². The molecule has 0 saturated heterocycles. The smallest absolute Gasteiger partial charge is 0.234 e. The second-order valence-corrected chi connectivity index (χ2v) is 8.57. The molecule has 0 aliphatic rings. The Hall–Kier alpha value is -2.97. The Balaban J connectivity index is 1.51. The molecule has 8 heteroatoms. The standard InChI is InChI=1S/C22H19FN4OS2/c1-15-9-10-18(17(23)12-15)24-20(28)14-30-22-26-25-21(19-8-5-11-29-19)27(22)13-16-6-3-2-4-7-16/h2-12H,13-14H2,1H3,(H,24,28). The third kappa shape index (κ3) is 4.77. The van der Waals surface area contributed by atoms with E-state index in [2.05, 4.69) is 15.5 Å². The van der Waals surface area contributed by atoms with Gasteiger partial charge in [-0.1, -0.05) is 54.2 Å². The number of aryl methyl sites for hydroxylation is 1. The van der Waals surface area contributed by atoms with Crippen molar-refractivity contribution in [3.8, 4) is 10.7 Å². The first kappa shape index (κ1) is 20.3. The fourth-order valence-electron chi connectivity index (χ4n) is 2.93. The zero-order chi connectivity index (χ0) is 20.9. The molecular formula is C22H19FN4OS2. The van der Waals surface area contributed by atoms with Crippen molar-refractivity contribution < 1.29 is 9.18 Å². The summed E-state index contributed by atoms with van der Waals surface area (Å²) in [5, 5.41) is 13.9. The number of aromatic nitrogens is 3. The van der Waals surface area contributed by atoms with Crippen LogP contribution in [0.4, 0.5) is 10.1 Å². The number of carbonyl (C=O) groups is 1. The molecule has 30 heavy (non-hydrogen) atoms. The third-order valence-electron chi connectivity index (χ3n) is 4.37. The summed E-state index contributed by atoms with van der Waals surface area (Å²) in [5.74, 6) is 0.126. The molecule has 0 fully saturated rings. The molecule has 2 aromatic carbocycles. The molecule has 152 valence electrons. The van der Waals surface area contributed by atoms with Gasteiger partial charge in [0, 0.05) is 0 Å². The number of hydrogen-bond acceptors (Lipinski definition) is 5. The molecule has 5 nitrogen and oxygen atoms in total. The lowest BCUT2D eigenvalue weighted by molar-refractivity contribution is -0.113. The molecule has 0 unspecified atom stereocenters. The average molecular weight is 439 g/mol. The van der Waals surface area contributed by atoms with Gasteiger partial charge in [-0.2, -0.15) is 0 Å². The summed E-state index contributed by atoms with van der Waals surface area (Å²) in [5.41, 5.74) is 2.09. The summed E-state index contributed by atoms with van der Waals surface area (Å²) in [6.07, 6.45) is 0. The second-order valence-electron chi connectivity index (χ2n) is 6.68. The topological polar surface area (TPSA) is 59.8 Å². The van der Waals surface area contributed by atoms with Gasteiger partial charge in [-0.05, 0) is 41.6 Å². The molecule has 2 aromatic heterocycles. The van der Waals surface area contributed by atoms with Gasteiger partial charge < -0.3 is 5.32 Å². The Labute approximate surface area is 182 Å². The van der Waals surface area contributed by atoms with Crippen molar-refractivity contribution in [2.24, 2.45) is 0 Å². The SMILES string of the molecule is Cc1ccc(NC(=O)CSc2nnc(-c3cccs3)n2Cc2ccccc2)c(F)c1. The van der Waals surface area contributed by atoms with Gasteiger partial charge in [-0.15, -0.1) is 21.5 Å². The van der Waals surface area contributed by atoms with Gasteiger partial charge in [0.1, 0.15) is 5.82 Å². The molecule has 0 atom stereocenters. The van der Waals surface area contributed by atoms with Crippen molar-refractivity contribution in [2.45, 2.75) is 18.6 Å². The predicted octanol–water partition coefficient (Wildman–Crippen LogP) is 5.23. The molecule has 1 amide bonds. The Morgan fingerprint density at radius 1 is 1.13 bits per heavy atom. The lowest BCUT2D eigenvalue weighted by Crippen LogP contribution is -2.15. The molecular weight excluding hydrogens is 419 g/mol. The van der Waals surface area contributed by atoms with Gasteiger partial charge in [0.25, 0.3) is 0 Å². The normalized spacial score (nSPS) is 10.9.